The maximum absolute atomic E-state index is 14.7. The monoisotopic (exact) mass is 588 g/mol. The molecule has 2 saturated heterocycles. The number of methoxy groups -OCH3 is 1. The summed E-state index contributed by atoms with van der Waals surface area (Å²) in [5.41, 5.74) is -6.22. The van der Waals surface area contributed by atoms with Gasteiger partial charge in [-0.2, -0.15) is 0 Å². The summed E-state index contributed by atoms with van der Waals surface area (Å²) in [5.74, 6) is -5.42. The molecule has 230 valence electrons. The molecule has 3 saturated carbocycles. The van der Waals surface area contributed by atoms with E-state index >= 15 is 0 Å². The number of hydrogen-bond donors (Lipinski definition) is 2. The number of carbonyl (C=O) groups is 4. The summed E-state index contributed by atoms with van der Waals surface area (Å²) in [7, 11) is 1.15. The van der Waals surface area contributed by atoms with Crippen LogP contribution in [0.2, 0.25) is 0 Å². The first-order chi connectivity index (χ1) is 19.5. The van der Waals surface area contributed by atoms with Gasteiger partial charge in [-0.25, -0.2) is 4.79 Å². The molecule has 1 aromatic rings. The van der Waals surface area contributed by atoms with Gasteiger partial charge in [-0.3, -0.25) is 14.4 Å². The van der Waals surface area contributed by atoms with Gasteiger partial charge in [0.2, 0.25) is 0 Å². The van der Waals surface area contributed by atoms with Crippen molar-refractivity contribution in [3.63, 3.8) is 0 Å². The molecule has 1 aromatic heterocycles. The zero-order valence-corrected chi connectivity index (χ0v) is 25.0. The standard InChI is InChI=1S/C31H40O11/c1-14(2)22(34)41-25-27(3,4)20(19(33)23(35)38-7)29(6)16-8-10-28(5)17(31(16)26(42-31)30(25,37)24(29)36)12-18(32)40-21(28)15-9-11-39-13-15/h9,11,13-14,16-17,19-21,25-26,33,37H,8,10,12H2,1-7H3/t16-,17+,19+,20-,21-,25+,26-,28-,29+,30+,31+/m0/s1. The average Bonchev–Trinajstić information content (AvgIpc) is 3.41. The molecule has 0 amide bonds. The lowest BCUT2D eigenvalue weighted by molar-refractivity contribution is -0.261. The van der Waals surface area contributed by atoms with E-state index in [1.807, 2.05) is 6.92 Å². The third-order valence-electron chi connectivity index (χ3n) is 11.6. The van der Waals surface area contributed by atoms with Crippen molar-refractivity contribution in [2.45, 2.75) is 96.4 Å². The van der Waals surface area contributed by atoms with Gasteiger partial charge in [0.25, 0.3) is 0 Å². The first-order valence-corrected chi connectivity index (χ1v) is 14.7. The van der Waals surface area contributed by atoms with Crippen LogP contribution in [0.1, 0.15) is 72.5 Å². The van der Waals surface area contributed by atoms with Crippen molar-refractivity contribution >= 4 is 23.7 Å². The van der Waals surface area contributed by atoms with Crippen LogP contribution in [-0.2, 0) is 38.1 Å². The average molecular weight is 589 g/mol. The highest BCUT2D eigenvalue weighted by Crippen LogP contribution is 2.78. The van der Waals surface area contributed by atoms with E-state index in [0.717, 1.165) is 7.11 Å². The number of ketones is 1. The lowest BCUT2D eigenvalue weighted by Gasteiger charge is -2.67. The fraction of sp³-hybridized carbons (Fsp3) is 0.742. The van der Waals surface area contributed by atoms with Crippen LogP contribution < -0.4 is 0 Å². The molecule has 0 unspecified atom stereocenters. The third-order valence-corrected chi connectivity index (χ3v) is 11.6. The summed E-state index contributed by atoms with van der Waals surface area (Å²) in [6, 6.07) is 1.75. The molecule has 3 heterocycles. The second-order valence-electron chi connectivity index (χ2n) is 14.3. The minimum Gasteiger partial charge on any atom is -0.472 e. The lowest BCUT2D eigenvalue weighted by Crippen LogP contribution is -2.81. The SMILES string of the molecule is COC(=O)[C@H](O)[C@H]1C(C)(C)[C@@H](OC(=O)C(C)C)[C@]2(O)C(=O)[C@]1(C)[C@@H]1CC[C@@]3(C)[C@@H](CC(=O)O[C@H]3c3ccoc3)[C@]13O[C@@H]23. The van der Waals surface area contributed by atoms with E-state index in [1.165, 1.54) is 6.26 Å². The van der Waals surface area contributed by atoms with Gasteiger partial charge in [0, 0.05) is 39.6 Å². The van der Waals surface area contributed by atoms with Crippen molar-refractivity contribution < 1.29 is 52.8 Å². The van der Waals surface area contributed by atoms with Gasteiger partial charge in [-0.1, -0.05) is 41.5 Å². The Kier molecular flexibility index (Phi) is 6.20. The van der Waals surface area contributed by atoms with Gasteiger partial charge in [0.15, 0.2) is 17.5 Å². The number of aliphatic hydroxyl groups excluding tert-OH is 1. The molecule has 1 spiro atoms. The summed E-state index contributed by atoms with van der Waals surface area (Å²) < 4.78 is 28.6. The van der Waals surface area contributed by atoms with E-state index < -0.39 is 99.2 Å². The molecule has 42 heavy (non-hydrogen) atoms. The largest absolute Gasteiger partial charge is 0.472 e. The molecule has 11 heteroatoms. The smallest absolute Gasteiger partial charge is 0.335 e. The summed E-state index contributed by atoms with van der Waals surface area (Å²) in [6.07, 6.45) is -0.922. The van der Waals surface area contributed by atoms with E-state index in [-0.39, 0.29) is 6.42 Å². The van der Waals surface area contributed by atoms with Gasteiger partial charge >= 0.3 is 17.9 Å². The summed E-state index contributed by atoms with van der Waals surface area (Å²) in [5, 5.41) is 24.1. The third kappa shape index (κ3) is 3.33. The van der Waals surface area contributed by atoms with E-state index in [1.54, 1.807) is 46.9 Å². The number of ether oxygens (including phenoxy) is 4. The van der Waals surface area contributed by atoms with Crippen LogP contribution >= 0.6 is 0 Å². The number of aliphatic hydroxyl groups is 2. The summed E-state index contributed by atoms with van der Waals surface area (Å²) >= 11 is 0. The highest BCUT2D eigenvalue weighted by Gasteiger charge is 2.91. The summed E-state index contributed by atoms with van der Waals surface area (Å²) in [4.78, 5) is 53.8. The van der Waals surface area contributed by atoms with E-state index in [2.05, 4.69) is 0 Å². The molecule has 0 aromatic carbocycles. The highest BCUT2D eigenvalue weighted by molar-refractivity contribution is 5.99. The molecule has 2 bridgehead atoms. The Labute approximate surface area is 244 Å². The minimum absolute atomic E-state index is 0.0116. The molecule has 5 aliphatic rings. The maximum atomic E-state index is 14.7. The van der Waals surface area contributed by atoms with Crippen molar-refractivity contribution in [2.75, 3.05) is 7.11 Å². The Bertz CT molecular complexity index is 1330. The number of cyclic esters (lactones) is 1. The number of epoxide rings is 1. The van der Waals surface area contributed by atoms with Crippen LogP contribution in [0.4, 0.5) is 0 Å². The number of furan rings is 1. The second kappa shape index (κ2) is 8.89. The molecule has 11 nitrogen and oxygen atoms in total. The van der Waals surface area contributed by atoms with Crippen molar-refractivity contribution in [3.8, 4) is 0 Å². The molecule has 6 rings (SSSR count). The number of Topliss-reactive ketones (excluding diaryl/α,β-unsaturated/α-hetero) is 1. The zero-order valence-electron chi connectivity index (χ0n) is 25.0. The summed E-state index contributed by atoms with van der Waals surface area (Å²) in [6.45, 7) is 10.3. The van der Waals surface area contributed by atoms with Crippen molar-refractivity contribution in [2.24, 2.45) is 39.9 Å². The number of fused-ring (bicyclic) bond motifs is 5. The normalized spacial score (nSPS) is 45.6. The van der Waals surface area contributed by atoms with Gasteiger partial charge in [-0.15, -0.1) is 0 Å². The van der Waals surface area contributed by atoms with Crippen LogP contribution in [-0.4, -0.2) is 70.5 Å². The van der Waals surface area contributed by atoms with Crippen LogP contribution in [0, 0.1) is 39.9 Å². The van der Waals surface area contributed by atoms with Gasteiger partial charge < -0.3 is 33.6 Å². The Morgan fingerprint density at radius 3 is 2.38 bits per heavy atom. The first kappa shape index (κ1) is 29.3. The minimum atomic E-state index is -2.30. The molecule has 2 N–H and O–H groups in total. The lowest BCUT2D eigenvalue weighted by atomic mass is 9.36. The van der Waals surface area contributed by atoms with Crippen LogP contribution in [0.15, 0.2) is 23.0 Å². The second-order valence-corrected chi connectivity index (χ2v) is 14.3. The fourth-order valence-electron chi connectivity index (χ4n) is 9.89. The molecule has 11 atom stereocenters. The van der Waals surface area contributed by atoms with Gasteiger partial charge in [-0.05, 0) is 18.9 Å². The molecule has 0 radical (unpaired) electrons. The molecule has 3 aliphatic carbocycles. The Morgan fingerprint density at radius 2 is 1.79 bits per heavy atom. The van der Waals surface area contributed by atoms with Gasteiger partial charge in [0.1, 0.15) is 23.9 Å². The Morgan fingerprint density at radius 1 is 1.10 bits per heavy atom. The fourth-order valence-corrected chi connectivity index (χ4v) is 9.89. The van der Waals surface area contributed by atoms with E-state index in [4.69, 9.17) is 23.4 Å². The predicted molar refractivity (Wildman–Crippen MR) is 142 cm³/mol. The maximum Gasteiger partial charge on any atom is 0.335 e. The van der Waals surface area contributed by atoms with Crippen molar-refractivity contribution in [3.05, 3.63) is 24.2 Å². The van der Waals surface area contributed by atoms with Crippen molar-refractivity contribution in [1.29, 1.82) is 0 Å². The molecular formula is C31H40O11. The highest BCUT2D eigenvalue weighted by atomic mass is 16.6. The predicted octanol–water partition coefficient (Wildman–Crippen LogP) is 2.52. The molecule has 5 fully saturated rings. The number of hydrogen-bond acceptors (Lipinski definition) is 11. The quantitative estimate of drug-likeness (QED) is 0.295. The zero-order chi connectivity index (χ0) is 30.8. The van der Waals surface area contributed by atoms with Crippen LogP contribution in [0.5, 0.6) is 0 Å². The van der Waals surface area contributed by atoms with E-state index in [0.29, 0.717) is 18.4 Å². The molecule has 2 aliphatic heterocycles. The van der Waals surface area contributed by atoms with Crippen molar-refractivity contribution in [1.82, 2.24) is 0 Å². The number of rotatable bonds is 5. The van der Waals surface area contributed by atoms with Crippen LogP contribution in [0.25, 0.3) is 0 Å². The topological polar surface area (TPSA) is 162 Å². The Hall–Kier alpha value is -2.76. The number of carbonyl (C=O) groups excluding carboxylic acids is 4. The van der Waals surface area contributed by atoms with Gasteiger partial charge in [0.05, 0.1) is 32.0 Å². The first-order valence-electron chi connectivity index (χ1n) is 14.7. The van der Waals surface area contributed by atoms with E-state index in [9.17, 15) is 29.4 Å². The molecular weight excluding hydrogens is 548 g/mol. The van der Waals surface area contributed by atoms with Crippen LogP contribution in [0.3, 0.4) is 0 Å². The Balaban J connectivity index is 1.55. The number of esters is 3.